The Balaban J connectivity index is 1.54. The monoisotopic (exact) mass is 355 g/mol. The zero-order valence-corrected chi connectivity index (χ0v) is 14.9. The van der Waals surface area contributed by atoms with Crippen LogP contribution >= 0.6 is 0 Å². The highest BCUT2D eigenvalue weighted by Crippen LogP contribution is 2.16. The maximum atomic E-state index is 12.6. The van der Waals surface area contributed by atoms with Gasteiger partial charge in [-0.05, 0) is 44.7 Å². The van der Waals surface area contributed by atoms with Gasteiger partial charge in [0.15, 0.2) is 0 Å². The number of hydrogen-bond donors (Lipinski definition) is 1. The Kier molecular flexibility index (Phi) is 4.10. The molecule has 8 heteroatoms. The standard InChI is InChI=1S/C18H21N5O3/c1-11-7-8-12(26-11)10-22(2)16(24)9-15-20-18-19-14-6-4-3-5-13(14)17(25)23(18)21-15/h7-8H,3-6,9-10H2,1-2H3,(H,19,20,21). The molecule has 0 radical (unpaired) electrons. The highest BCUT2D eigenvalue weighted by atomic mass is 16.3. The number of aromatic nitrogens is 4. The summed E-state index contributed by atoms with van der Waals surface area (Å²) in [5.74, 6) is 2.20. The zero-order valence-electron chi connectivity index (χ0n) is 14.9. The Bertz CT molecular complexity index is 1030. The highest BCUT2D eigenvalue weighted by Gasteiger charge is 2.20. The van der Waals surface area contributed by atoms with E-state index in [9.17, 15) is 9.59 Å². The summed E-state index contributed by atoms with van der Waals surface area (Å²) in [6.45, 7) is 2.25. The molecule has 8 nitrogen and oxygen atoms in total. The maximum Gasteiger partial charge on any atom is 0.277 e. The summed E-state index contributed by atoms with van der Waals surface area (Å²) in [4.78, 5) is 35.5. The van der Waals surface area contributed by atoms with E-state index in [1.165, 1.54) is 4.52 Å². The lowest BCUT2D eigenvalue weighted by atomic mass is 9.97. The van der Waals surface area contributed by atoms with Crippen molar-refractivity contribution in [2.45, 2.75) is 45.6 Å². The Morgan fingerprint density at radius 2 is 2.12 bits per heavy atom. The van der Waals surface area contributed by atoms with Crippen LogP contribution in [0.1, 0.15) is 41.4 Å². The van der Waals surface area contributed by atoms with Crippen molar-refractivity contribution >= 4 is 11.7 Å². The third kappa shape index (κ3) is 3.02. The van der Waals surface area contributed by atoms with Gasteiger partial charge in [-0.3, -0.25) is 14.7 Å². The van der Waals surface area contributed by atoms with Gasteiger partial charge in [-0.1, -0.05) is 0 Å². The van der Waals surface area contributed by atoms with Gasteiger partial charge in [0.2, 0.25) is 5.91 Å². The second-order valence-electron chi connectivity index (χ2n) is 6.79. The van der Waals surface area contributed by atoms with Crippen molar-refractivity contribution in [3.63, 3.8) is 0 Å². The third-order valence-electron chi connectivity index (χ3n) is 4.74. The summed E-state index contributed by atoms with van der Waals surface area (Å²) >= 11 is 0. The molecular formula is C18H21N5O3. The minimum absolute atomic E-state index is 0.0731. The van der Waals surface area contributed by atoms with E-state index in [0.717, 1.165) is 48.5 Å². The molecule has 0 bridgehead atoms. The lowest BCUT2D eigenvalue weighted by Gasteiger charge is -2.14. The first kappa shape index (κ1) is 16.6. The first-order valence-corrected chi connectivity index (χ1v) is 8.80. The molecule has 1 N–H and O–H groups in total. The van der Waals surface area contributed by atoms with Crippen LogP contribution in [-0.2, 0) is 30.6 Å². The van der Waals surface area contributed by atoms with Gasteiger partial charge in [-0.2, -0.15) is 9.50 Å². The smallest absolute Gasteiger partial charge is 0.277 e. The van der Waals surface area contributed by atoms with Gasteiger partial charge in [0, 0.05) is 12.6 Å². The summed E-state index contributed by atoms with van der Waals surface area (Å²) in [6, 6.07) is 3.72. The lowest BCUT2D eigenvalue weighted by Crippen LogP contribution is -2.28. The second-order valence-corrected chi connectivity index (χ2v) is 6.79. The SMILES string of the molecule is Cc1ccc(CN(C)C(=O)Cc2nc3nc4c(c(=O)n3[nH]2)CCCC4)o1. The predicted molar refractivity (Wildman–Crippen MR) is 93.9 cm³/mol. The fourth-order valence-electron chi connectivity index (χ4n) is 3.34. The van der Waals surface area contributed by atoms with Crippen LogP contribution in [0.25, 0.3) is 5.78 Å². The van der Waals surface area contributed by atoms with Gasteiger partial charge in [0.25, 0.3) is 11.3 Å². The van der Waals surface area contributed by atoms with Gasteiger partial charge >= 0.3 is 0 Å². The first-order valence-electron chi connectivity index (χ1n) is 8.80. The van der Waals surface area contributed by atoms with E-state index in [1.807, 2.05) is 19.1 Å². The van der Waals surface area contributed by atoms with Crippen LogP contribution in [0.5, 0.6) is 0 Å². The number of nitrogens with one attached hydrogen (secondary N) is 1. The number of carbonyl (C=O) groups is 1. The number of likely N-dealkylation sites (N-methyl/N-ethyl adjacent to an activating group) is 1. The van der Waals surface area contributed by atoms with Crippen molar-refractivity contribution in [3.8, 4) is 0 Å². The van der Waals surface area contributed by atoms with Crippen LogP contribution in [0.2, 0.25) is 0 Å². The number of carbonyl (C=O) groups excluding carboxylic acids is 1. The fourth-order valence-corrected chi connectivity index (χ4v) is 3.34. The van der Waals surface area contributed by atoms with E-state index in [1.54, 1.807) is 11.9 Å². The minimum atomic E-state index is -0.115. The number of amides is 1. The van der Waals surface area contributed by atoms with Crippen molar-refractivity contribution in [1.82, 2.24) is 24.5 Å². The normalized spacial score (nSPS) is 13.8. The van der Waals surface area contributed by atoms with E-state index in [4.69, 9.17) is 4.42 Å². The summed E-state index contributed by atoms with van der Waals surface area (Å²) in [5.41, 5.74) is 1.51. The van der Waals surface area contributed by atoms with Gasteiger partial charge < -0.3 is 9.32 Å². The van der Waals surface area contributed by atoms with Crippen molar-refractivity contribution in [2.75, 3.05) is 7.05 Å². The molecule has 0 aromatic carbocycles. The number of fused-ring (bicyclic) bond motifs is 2. The average molecular weight is 355 g/mol. The number of aryl methyl sites for hydroxylation is 2. The molecule has 26 heavy (non-hydrogen) atoms. The van der Waals surface area contributed by atoms with Gasteiger partial charge in [-0.15, -0.1) is 0 Å². The molecule has 3 aromatic rings. The summed E-state index contributed by atoms with van der Waals surface area (Å²) in [6.07, 6.45) is 3.69. The highest BCUT2D eigenvalue weighted by molar-refractivity contribution is 5.77. The molecule has 3 aromatic heterocycles. The van der Waals surface area contributed by atoms with E-state index < -0.39 is 0 Å². The van der Waals surface area contributed by atoms with Crippen LogP contribution in [0, 0.1) is 6.92 Å². The minimum Gasteiger partial charge on any atom is -0.464 e. The Labute approximate surface area is 149 Å². The zero-order chi connectivity index (χ0) is 18.3. The molecule has 0 spiro atoms. The molecule has 1 aliphatic carbocycles. The second kappa shape index (κ2) is 6.44. The van der Waals surface area contributed by atoms with E-state index in [-0.39, 0.29) is 17.9 Å². The van der Waals surface area contributed by atoms with Gasteiger partial charge in [0.05, 0.1) is 18.7 Å². The topological polar surface area (TPSA) is 96.5 Å². The Morgan fingerprint density at radius 1 is 1.31 bits per heavy atom. The molecule has 1 aliphatic rings. The van der Waals surface area contributed by atoms with Crippen LogP contribution in [0.3, 0.4) is 0 Å². The Hall–Kier alpha value is -2.90. The maximum absolute atomic E-state index is 12.6. The number of hydrogen-bond acceptors (Lipinski definition) is 5. The molecule has 0 unspecified atom stereocenters. The molecule has 0 atom stereocenters. The molecule has 136 valence electrons. The molecule has 0 saturated carbocycles. The Morgan fingerprint density at radius 3 is 2.88 bits per heavy atom. The molecule has 4 rings (SSSR count). The molecule has 3 heterocycles. The van der Waals surface area contributed by atoms with Crippen LogP contribution in [-0.4, -0.2) is 37.4 Å². The van der Waals surface area contributed by atoms with Crippen molar-refractivity contribution in [3.05, 3.63) is 51.1 Å². The van der Waals surface area contributed by atoms with E-state index in [0.29, 0.717) is 18.1 Å². The van der Waals surface area contributed by atoms with Crippen LogP contribution in [0.15, 0.2) is 21.3 Å². The van der Waals surface area contributed by atoms with E-state index >= 15 is 0 Å². The summed E-state index contributed by atoms with van der Waals surface area (Å²) in [5, 5.41) is 2.93. The third-order valence-corrected chi connectivity index (χ3v) is 4.74. The molecule has 0 aliphatic heterocycles. The average Bonchev–Trinajstić information content (AvgIpc) is 3.21. The molecular weight excluding hydrogens is 334 g/mol. The number of nitrogens with zero attached hydrogens (tertiary/aromatic N) is 4. The van der Waals surface area contributed by atoms with Crippen molar-refractivity contribution in [2.24, 2.45) is 0 Å². The molecule has 1 amide bonds. The number of rotatable bonds is 4. The first-order chi connectivity index (χ1) is 12.5. The van der Waals surface area contributed by atoms with Crippen molar-refractivity contribution < 1.29 is 9.21 Å². The lowest BCUT2D eigenvalue weighted by molar-refractivity contribution is -0.130. The molecule has 0 fully saturated rings. The van der Waals surface area contributed by atoms with Gasteiger partial charge in [-0.25, -0.2) is 4.98 Å². The summed E-state index contributed by atoms with van der Waals surface area (Å²) < 4.78 is 6.85. The van der Waals surface area contributed by atoms with Crippen molar-refractivity contribution in [1.29, 1.82) is 0 Å². The number of H-pyrrole nitrogens is 1. The largest absolute Gasteiger partial charge is 0.464 e. The van der Waals surface area contributed by atoms with E-state index in [2.05, 4.69) is 15.1 Å². The predicted octanol–water partition coefficient (Wildman–Crippen LogP) is 1.40. The van der Waals surface area contributed by atoms with Crippen LogP contribution < -0.4 is 5.56 Å². The van der Waals surface area contributed by atoms with Gasteiger partial charge in [0.1, 0.15) is 17.3 Å². The number of aromatic amines is 1. The van der Waals surface area contributed by atoms with Crippen LogP contribution in [0.4, 0.5) is 0 Å². The summed E-state index contributed by atoms with van der Waals surface area (Å²) in [7, 11) is 1.71. The quantitative estimate of drug-likeness (QED) is 0.763. The molecule has 0 saturated heterocycles. The fraction of sp³-hybridized carbons (Fsp3) is 0.444. The number of furan rings is 1.